The highest BCUT2D eigenvalue weighted by molar-refractivity contribution is 6.16. The number of pyridine rings is 1. The highest BCUT2D eigenvalue weighted by atomic mass is 16.6. The molecule has 0 radical (unpaired) electrons. The molecule has 212 valence electrons. The topological polar surface area (TPSA) is 98.3 Å². The summed E-state index contributed by atoms with van der Waals surface area (Å²) in [7, 11) is 1.55. The fraction of sp³-hybridized carbons (Fsp3) is 0.533. The number of amides is 3. The van der Waals surface area contributed by atoms with Crippen molar-refractivity contribution in [1.29, 1.82) is 0 Å². The number of imide groups is 1. The van der Waals surface area contributed by atoms with Crippen molar-refractivity contribution in [2.75, 3.05) is 25.1 Å². The molecule has 1 aliphatic rings. The number of likely N-dealkylation sites (tertiary alicyclic amines) is 1. The molecule has 9 heteroatoms. The average Bonchev–Trinajstić information content (AvgIpc) is 2.85. The summed E-state index contributed by atoms with van der Waals surface area (Å²) >= 11 is 0. The van der Waals surface area contributed by atoms with E-state index in [1.54, 1.807) is 63.2 Å². The number of benzene rings is 1. The number of hydrogen-bond donors (Lipinski definition) is 0. The van der Waals surface area contributed by atoms with Gasteiger partial charge in [-0.2, -0.15) is 0 Å². The number of rotatable bonds is 6. The number of methoxy groups -OCH3 is 1. The minimum Gasteiger partial charge on any atom is -0.497 e. The van der Waals surface area contributed by atoms with Gasteiger partial charge in [0.05, 0.1) is 18.3 Å². The third kappa shape index (κ3) is 7.94. The number of piperidine rings is 1. The summed E-state index contributed by atoms with van der Waals surface area (Å²) in [5.41, 5.74) is -0.358. The Labute approximate surface area is 231 Å². The zero-order valence-corrected chi connectivity index (χ0v) is 24.2. The number of carbonyl (C=O) groups excluding carboxylic acids is 3. The molecule has 0 aliphatic carbocycles. The van der Waals surface area contributed by atoms with Crippen LogP contribution >= 0.6 is 0 Å². The number of aromatic nitrogens is 1. The molecule has 0 saturated carbocycles. The maximum atomic E-state index is 13.7. The summed E-state index contributed by atoms with van der Waals surface area (Å²) in [5.74, 6) is 0.329. The molecule has 0 spiro atoms. The Morgan fingerprint density at radius 1 is 1.10 bits per heavy atom. The van der Waals surface area contributed by atoms with Gasteiger partial charge in [0.25, 0.3) is 0 Å². The molecule has 0 bridgehead atoms. The van der Waals surface area contributed by atoms with E-state index in [0.29, 0.717) is 48.3 Å². The molecule has 3 amide bonds. The molecule has 2 atom stereocenters. The minimum absolute atomic E-state index is 0.0000571. The van der Waals surface area contributed by atoms with Gasteiger partial charge in [-0.05, 0) is 90.5 Å². The van der Waals surface area contributed by atoms with Crippen molar-refractivity contribution in [2.45, 2.75) is 72.0 Å². The maximum Gasteiger partial charge on any atom is 0.421 e. The van der Waals surface area contributed by atoms with Crippen LogP contribution in [-0.4, -0.2) is 59.4 Å². The molecule has 2 heterocycles. The van der Waals surface area contributed by atoms with Gasteiger partial charge >= 0.3 is 12.2 Å². The number of ether oxygens (including phenoxy) is 3. The molecule has 1 saturated heterocycles. The van der Waals surface area contributed by atoms with Crippen molar-refractivity contribution in [1.82, 2.24) is 9.88 Å². The quantitative estimate of drug-likeness (QED) is 0.394. The van der Waals surface area contributed by atoms with Gasteiger partial charge in [0, 0.05) is 31.1 Å². The van der Waals surface area contributed by atoms with Gasteiger partial charge in [-0.3, -0.25) is 9.78 Å². The Kier molecular flexibility index (Phi) is 9.25. The van der Waals surface area contributed by atoms with Crippen molar-refractivity contribution in [2.24, 2.45) is 11.8 Å². The molecule has 2 aromatic rings. The molecule has 1 aromatic heterocycles. The Morgan fingerprint density at radius 3 is 2.41 bits per heavy atom. The fourth-order valence-electron chi connectivity index (χ4n) is 4.64. The van der Waals surface area contributed by atoms with Crippen LogP contribution in [0.2, 0.25) is 0 Å². The molecule has 9 nitrogen and oxygen atoms in total. The average molecular weight is 540 g/mol. The Morgan fingerprint density at radius 2 is 1.79 bits per heavy atom. The third-order valence-electron chi connectivity index (χ3n) is 6.48. The largest absolute Gasteiger partial charge is 0.497 e. The first-order chi connectivity index (χ1) is 18.2. The molecule has 39 heavy (non-hydrogen) atoms. The number of fused-ring (bicyclic) bond motifs is 1. The van der Waals surface area contributed by atoms with E-state index in [2.05, 4.69) is 11.6 Å². The standard InChI is InChI=1S/C30H41N3O6/c1-9-20-19-32(27(35)38-29(2,3)4)17-15-21(20)10-13-26(34)33(28(36)39-30(5,6)7)25-14-16-31-24-12-11-22(37-8)18-23(24)25/h9,11-12,14,16,18,20-21H,1,10,13,15,17,19H2,2-8H3/t20-,21+/m0/s1. The highest BCUT2D eigenvalue weighted by Crippen LogP contribution is 2.33. The van der Waals surface area contributed by atoms with Crippen LogP contribution < -0.4 is 9.64 Å². The van der Waals surface area contributed by atoms with Crippen LogP contribution in [0, 0.1) is 11.8 Å². The Balaban J connectivity index is 1.82. The van der Waals surface area contributed by atoms with E-state index in [0.717, 1.165) is 4.90 Å². The van der Waals surface area contributed by atoms with Crippen LogP contribution in [0.3, 0.4) is 0 Å². The lowest BCUT2D eigenvalue weighted by atomic mass is 9.82. The van der Waals surface area contributed by atoms with Gasteiger partial charge in [-0.15, -0.1) is 6.58 Å². The molecule has 0 unspecified atom stereocenters. The SMILES string of the molecule is C=C[C@H]1CN(C(=O)OC(C)(C)C)CC[C@H]1CCC(=O)N(C(=O)OC(C)(C)C)c1ccnc2ccc(OC)cc12. The van der Waals surface area contributed by atoms with Gasteiger partial charge in [0.15, 0.2) is 0 Å². The number of anilines is 1. The third-order valence-corrected chi connectivity index (χ3v) is 6.48. The van der Waals surface area contributed by atoms with Crippen molar-refractivity contribution >= 4 is 34.7 Å². The van der Waals surface area contributed by atoms with Crippen molar-refractivity contribution in [3.63, 3.8) is 0 Å². The second kappa shape index (κ2) is 12.1. The fourth-order valence-corrected chi connectivity index (χ4v) is 4.64. The second-order valence-electron chi connectivity index (χ2n) is 11.8. The molecule has 0 N–H and O–H groups in total. The summed E-state index contributed by atoms with van der Waals surface area (Å²) in [6.07, 6.45) is 3.65. The monoisotopic (exact) mass is 539 g/mol. The lowest BCUT2D eigenvalue weighted by Crippen LogP contribution is -2.46. The van der Waals surface area contributed by atoms with Crippen molar-refractivity contribution in [3.05, 3.63) is 43.1 Å². The van der Waals surface area contributed by atoms with Crippen molar-refractivity contribution < 1.29 is 28.6 Å². The van der Waals surface area contributed by atoms with Crippen LogP contribution in [-0.2, 0) is 14.3 Å². The van der Waals surface area contributed by atoms with Crippen LogP contribution in [0.5, 0.6) is 5.75 Å². The van der Waals surface area contributed by atoms with E-state index in [1.807, 2.05) is 26.8 Å². The second-order valence-corrected chi connectivity index (χ2v) is 11.8. The number of carbonyl (C=O) groups is 3. The molecular weight excluding hydrogens is 498 g/mol. The Hall–Kier alpha value is -3.62. The number of hydrogen-bond acceptors (Lipinski definition) is 7. The lowest BCUT2D eigenvalue weighted by molar-refractivity contribution is -0.118. The summed E-state index contributed by atoms with van der Waals surface area (Å²) in [6, 6.07) is 6.94. The van der Waals surface area contributed by atoms with Crippen LogP contribution in [0.4, 0.5) is 15.3 Å². The van der Waals surface area contributed by atoms with Crippen LogP contribution in [0.1, 0.15) is 60.8 Å². The first-order valence-corrected chi connectivity index (χ1v) is 13.3. The summed E-state index contributed by atoms with van der Waals surface area (Å²) < 4.78 is 16.5. The van der Waals surface area contributed by atoms with Gasteiger partial charge in [0.1, 0.15) is 17.0 Å². The summed E-state index contributed by atoms with van der Waals surface area (Å²) in [4.78, 5) is 46.8. The van der Waals surface area contributed by atoms with Gasteiger partial charge in [-0.1, -0.05) is 6.08 Å². The van der Waals surface area contributed by atoms with Gasteiger partial charge < -0.3 is 19.1 Å². The molecular formula is C30H41N3O6. The van der Waals surface area contributed by atoms with E-state index >= 15 is 0 Å². The van der Waals surface area contributed by atoms with E-state index in [-0.39, 0.29) is 30.3 Å². The normalized spacial score (nSPS) is 17.9. The minimum atomic E-state index is -0.793. The van der Waals surface area contributed by atoms with E-state index < -0.39 is 17.3 Å². The predicted molar refractivity (Wildman–Crippen MR) is 151 cm³/mol. The molecule has 1 fully saturated rings. The molecule has 1 aliphatic heterocycles. The smallest absolute Gasteiger partial charge is 0.421 e. The van der Waals surface area contributed by atoms with E-state index in [9.17, 15) is 14.4 Å². The maximum absolute atomic E-state index is 13.7. The molecule has 1 aromatic carbocycles. The van der Waals surface area contributed by atoms with Gasteiger partial charge in [0.2, 0.25) is 5.91 Å². The van der Waals surface area contributed by atoms with E-state index in [4.69, 9.17) is 14.2 Å². The van der Waals surface area contributed by atoms with E-state index in [1.165, 1.54) is 0 Å². The number of nitrogens with zero attached hydrogens (tertiary/aromatic N) is 3. The lowest BCUT2D eigenvalue weighted by Gasteiger charge is -2.38. The van der Waals surface area contributed by atoms with Gasteiger partial charge in [-0.25, -0.2) is 14.5 Å². The van der Waals surface area contributed by atoms with Crippen LogP contribution in [0.25, 0.3) is 10.9 Å². The van der Waals surface area contributed by atoms with Crippen LogP contribution in [0.15, 0.2) is 43.1 Å². The Bertz CT molecular complexity index is 1210. The zero-order valence-electron chi connectivity index (χ0n) is 24.2. The predicted octanol–water partition coefficient (Wildman–Crippen LogP) is 6.35. The molecule has 3 rings (SSSR count). The summed E-state index contributed by atoms with van der Waals surface area (Å²) in [5, 5.41) is 0.602. The first kappa shape index (κ1) is 29.9. The first-order valence-electron chi connectivity index (χ1n) is 13.3. The summed E-state index contributed by atoms with van der Waals surface area (Å²) in [6.45, 7) is 15.8. The highest BCUT2D eigenvalue weighted by Gasteiger charge is 2.34. The zero-order chi connectivity index (χ0) is 29.0. The van der Waals surface area contributed by atoms with Crippen molar-refractivity contribution in [3.8, 4) is 5.75 Å².